The average molecular weight is 2170 g/mol. The third kappa shape index (κ3) is 125. The lowest BCUT2D eigenvalue weighted by Crippen LogP contribution is -2.16. The van der Waals surface area contributed by atoms with Crippen LogP contribution in [0.4, 0.5) is 0 Å². The van der Waals surface area contributed by atoms with Gasteiger partial charge in [0.15, 0.2) is 0 Å². The molecule has 0 unspecified atom stereocenters. The smallest absolute Gasteiger partial charge is 0.297 e. The van der Waals surface area contributed by atoms with Crippen LogP contribution in [0, 0.1) is 6.92 Å². The van der Waals surface area contributed by atoms with Crippen LogP contribution < -0.4 is 0 Å². The molecule has 0 saturated carbocycles. The van der Waals surface area contributed by atoms with Crippen LogP contribution in [-0.2, 0) is 227 Å². The Hall–Kier alpha value is -2.67. The SMILES string of the molecule is COCCOCCOCCOCCOCCOCCOCCOCCOCCOCCOCCOCCOCCOCCOCCOCCOCCOCCOCCOCCOCCOCCOCCOCCOCCOCCOCCOCCOCCOCCOCCOCCOCCOCCOCCOCCOCCOCCOCCOCCOCCOCCOCCOCCOCCOS(=O)(=O)c1ccc(C)cc1. The van der Waals surface area contributed by atoms with E-state index in [1.807, 2.05) is 6.92 Å². The lowest BCUT2D eigenvalue weighted by molar-refractivity contribution is -0.0329. The zero-order valence-corrected chi connectivity index (χ0v) is 89.8. The van der Waals surface area contributed by atoms with E-state index in [-0.39, 0.29) is 18.1 Å². The first-order valence-corrected chi connectivity index (χ1v) is 53.3. The molecular formula is C98H190O48S. The van der Waals surface area contributed by atoms with Crippen LogP contribution in [-0.4, -0.2) is 610 Å². The number of hydrogen-bond donors (Lipinski definition) is 0. The van der Waals surface area contributed by atoms with Crippen LogP contribution in [0.1, 0.15) is 5.56 Å². The molecule has 1 aromatic rings. The van der Waals surface area contributed by atoms with Gasteiger partial charge >= 0.3 is 0 Å². The Labute approximate surface area is 875 Å². The number of ether oxygens (including phenoxy) is 45. The zero-order valence-electron chi connectivity index (χ0n) is 89.0. The highest BCUT2D eigenvalue weighted by Crippen LogP contribution is 2.13. The van der Waals surface area contributed by atoms with Crippen LogP contribution in [0.15, 0.2) is 29.2 Å². The Morgan fingerprint density at radius 1 is 0.122 bits per heavy atom. The predicted octanol–water partition coefficient (Wildman–Crippen LogP) is 2.08. The van der Waals surface area contributed by atoms with Crippen molar-refractivity contribution in [3.8, 4) is 0 Å². The summed E-state index contributed by atoms with van der Waals surface area (Å²) >= 11 is 0. The molecule has 0 N–H and O–H groups in total. The van der Waals surface area contributed by atoms with Gasteiger partial charge in [-0.1, -0.05) is 17.7 Å². The van der Waals surface area contributed by atoms with Crippen molar-refractivity contribution in [3.63, 3.8) is 0 Å². The summed E-state index contributed by atoms with van der Waals surface area (Å²) in [5, 5.41) is 0. The molecule has 0 saturated heterocycles. The topological polar surface area (TPSA) is 459 Å². The van der Waals surface area contributed by atoms with Gasteiger partial charge in [0.2, 0.25) is 0 Å². The monoisotopic (exact) mass is 2170 g/mol. The molecule has 49 heteroatoms. The first-order valence-electron chi connectivity index (χ1n) is 51.9. The first kappa shape index (κ1) is 142. The van der Waals surface area contributed by atoms with Gasteiger partial charge < -0.3 is 213 Å². The van der Waals surface area contributed by atoms with Crippen LogP contribution in [0.2, 0.25) is 0 Å². The molecule has 0 aromatic heterocycles. The van der Waals surface area contributed by atoms with Gasteiger partial charge in [-0.05, 0) is 19.1 Å². The van der Waals surface area contributed by atoms with E-state index in [0.717, 1.165) is 5.56 Å². The van der Waals surface area contributed by atoms with Crippen molar-refractivity contribution in [2.45, 2.75) is 11.8 Å². The maximum atomic E-state index is 12.2. The van der Waals surface area contributed by atoms with E-state index in [1.165, 1.54) is 12.1 Å². The van der Waals surface area contributed by atoms with Gasteiger partial charge in [0.05, 0.1) is 600 Å². The second-order valence-electron chi connectivity index (χ2n) is 30.0. The third-order valence-electron chi connectivity index (χ3n) is 18.2. The fraction of sp³-hybridized carbons (Fsp3) is 0.939. The van der Waals surface area contributed by atoms with Crippen molar-refractivity contribution >= 4 is 10.1 Å². The summed E-state index contributed by atoms with van der Waals surface area (Å²) in [6.07, 6.45) is 0. The van der Waals surface area contributed by atoms with Gasteiger partial charge in [0.25, 0.3) is 10.1 Å². The zero-order chi connectivity index (χ0) is 105. The minimum atomic E-state index is -3.80. The standard InChI is InChI=1S/C98H190O48S/c1-97-3-5-98(6-4-97)147(99,100)146-96-95-145-94-93-144-92-91-143-90-89-142-88-87-141-86-85-140-84-83-139-82-81-138-80-79-137-78-77-136-76-75-135-74-73-134-72-71-133-70-69-132-68-67-131-66-65-130-64-63-129-62-61-128-60-59-127-58-57-126-56-55-125-54-53-124-52-51-123-50-49-122-48-47-121-46-45-120-44-43-119-42-41-118-40-39-117-38-37-116-36-35-115-34-33-114-32-31-113-30-29-112-28-27-111-26-25-110-24-23-109-22-21-108-20-19-107-18-17-106-16-15-105-14-13-104-12-11-103-10-9-102-8-7-101-2/h3-6H,7-96H2,1-2H3. The maximum Gasteiger partial charge on any atom is 0.297 e. The van der Waals surface area contributed by atoms with E-state index in [1.54, 1.807) is 19.2 Å². The minimum absolute atomic E-state index is 0.0728. The highest BCUT2D eigenvalue weighted by atomic mass is 32.2. The molecule has 1 rings (SSSR count). The highest BCUT2D eigenvalue weighted by Gasteiger charge is 2.15. The first-order chi connectivity index (χ1) is 73.1. The van der Waals surface area contributed by atoms with Crippen molar-refractivity contribution in [2.24, 2.45) is 0 Å². The number of hydrogen-bond acceptors (Lipinski definition) is 48. The fourth-order valence-corrected chi connectivity index (χ4v) is 11.6. The maximum absolute atomic E-state index is 12.2. The summed E-state index contributed by atoms with van der Waals surface area (Å²) in [7, 11) is -2.15. The Kier molecular flexibility index (Phi) is 126. The minimum Gasteiger partial charge on any atom is -0.382 e. The van der Waals surface area contributed by atoms with Crippen molar-refractivity contribution in [1.29, 1.82) is 0 Å². The number of aryl methyl sites for hydroxylation is 1. The van der Waals surface area contributed by atoms with Gasteiger partial charge in [-0.3, -0.25) is 4.18 Å². The molecule has 0 aliphatic rings. The lowest BCUT2D eigenvalue weighted by atomic mass is 10.2. The van der Waals surface area contributed by atoms with E-state index in [0.29, 0.717) is 581 Å². The van der Waals surface area contributed by atoms with Crippen LogP contribution in [0.3, 0.4) is 0 Å². The van der Waals surface area contributed by atoms with Crippen LogP contribution >= 0.6 is 0 Å². The highest BCUT2D eigenvalue weighted by molar-refractivity contribution is 7.86. The molecular weight excluding hydrogens is 1980 g/mol. The molecule has 876 valence electrons. The largest absolute Gasteiger partial charge is 0.382 e. The molecule has 0 bridgehead atoms. The summed E-state index contributed by atoms with van der Waals surface area (Å²) in [6, 6.07) is 6.47. The molecule has 0 spiro atoms. The predicted molar refractivity (Wildman–Crippen MR) is 532 cm³/mol. The fourth-order valence-electron chi connectivity index (χ4n) is 10.7. The van der Waals surface area contributed by atoms with Gasteiger partial charge in [-0.2, -0.15) is 8.42 Å². The van der Waals surface area contributed by atoms with Gasteiger partial charge in [0.1, 0.15) is 0 Å². The molecule has 1 aromatic carbocycles. The average Bonchev–Trinajstić information content (AvgIpc) is 0.846. The van der Waals surface area contributed by atoms with E-state index >= 15 is 0 Å². The molecule has 0 fully saturated rings. The summed E-state index contributed by atoms with van der Waals surface area (Å²) in [5.74, 6) is 0. The van der Waals surface area contributed by atoms with Gasteiger partial charge in [-0.25, -0.2) is 0 Å². The second-order valence-corrected chi connectivity index (χ2v) is 31.6. The quantitative estimate of drug-likeness (QED) is 0.0665. The third-order valence-corrected chi connectivity index (χ3v) is 19.5. The number of benzene rings is 1. The molecule has 0 atom stereocenters. The normalized spacial score (nSPS) is 12.0. The van der Waals surface area contributed by atoms with Crippen LogP contribution in [0.5, 0.6) is 0 Å². The summed E-state index contributed by atoms with van der Waals surface area (Å²) in [4.78, 5) is 0.119. The van der Waals surface area contributed by atoms with Crippen LogP contribution in [0.25, 0.3) is 0 Å². The summed E-state index contributed by atoms with van der Waals surface area (Å²) in [5.41, 5.74) is 0.967. The molecule has 0 heterocycles. The van der Waals surface area contributed by atoms with Gasteiger partial charge in [-0.15, -0.1) is 0 Å². The Balaban J connectivity index is 1.58. The Morgan fingerprint density at radius 2 is 0.197 bits per heavy atom. The molecule has 0 aliphatic carbocycles. The molecule has 0 amide bonds. The van der Waals surface area contributed by atoms with Crippen molar-refractivity contribution < 1.29 is 226 Å². The van der Waals surface area contributed by atoms with E-state index in [2.05, 4.69) is 0 Å². The second kappa shape index (κ2) is 130. The van der Waals surface area contributed by atoms with Gasteiger partial charge in [0, 0.05) is 7.11 Å². The summed E-state index contributed by atoms with van der Waals surface area (Å²) < 4.78 is 277. The number of rotatable bonds is 137. The Bertz CT molecular complexity index is 2460. The van der Waals surface area contributed by atoms with Crippen molar-refractivity contribution in [2.75, 3.05) is 602 Å². The molecule has 0 radical (unpaired) electrons. The molecule has 0 aliphatic heterocycles. The number of methoxy groups -OCH3 is 1. The molecule has 48 nitrogen and oxygen atoms in total. The van der Waals surface area contributed by atoms with Crippen molar-refractivity contribution in [3.05, 3.63) is 29.8 Å². The van der Waals surface area contributed by atoms with Crippen molar-refractivity contribution in [1.82, 2.24) is 0 Å². The lowest BCUT2D eigenvalue weighted by Gasteiger charge is -2.09. The van der Waals surface area contributed by atoms with E-state index < -0.39 is 10.1 Å². The summed E-state index contributed by atoms with van der Waals surface area (Å²) in [6.45, 7) is 43.6. The van der Waals surface area contributed by atoms with E-state index in [9.17, 15) is 8.42 Å². The molecule has 147 heavy (non-hydrogen) atoms. The Morgan fingerprint density at radius 3 is 0.279 bits per heavy atom. The van der Waals surface area contributed by atoms with E-state index in [4.69, 9.17) is 217 Å².